The van der Waals surface area contributed by atoms with E-state index < -0.39 is 10.0 Å². The first kappa shape index (κ1) is 16.2. The second-order valence-electron chi connectivity index (χ2n) is 5.07. The summed E-state index contributed by atoms with van der Waals surface area (Å²) in [6.45, 7) is 4.25. The largest absolute Gasteiger partial charge is 0.240 e. The Hall–Kier alpha value is -1.17. The first-order chi connectivity index (χ1) is 9.90. The SMILES string of the molecule is Cc1cc(S(=O)(=O)NC[C@H](C)c2ccccc2)ccc1Br. The standard InChI is InChI=1S/C16H18BrNO2S/c1-12-10-15(8-9-16(12)17)21(19,20)18-11-13(2)14-6-4-3-5-7-14/h3-10,13,18H,11H2,1-2H3/t13-/m0/s1. The zero-order valence-corrected chi connectivity index (χ0v) is 14.4. The molecule has 0 heterocycles. The molecule has 5 heteroatoms. The number of rotatable bonds is 5. The molecule has 1 N–H and O–H groups in total. The highest BCUT2D eigenvalue weighted by atomic mass is 79.9. The van der Waals surface area contributed by atoms with E-state index in [0.29, 0.717) is 11.4 Å². The van der Waals surface area contributed by atoms with Crippen LogP contribution < -0.4 is 4.72 Å². The van der Waals surface area contributed by atoms with Crippen LogP contribution in [0.4, 0.5) is 0 Å². The van der Waals surface area contributed by atoms with Crippen molar-refractivity contribution in [2.24, 2.45) is 0 Å². The number of aryl methyl sites for hydroxylation is 1. The maximum Gasteiger partial charge on any atom is 0.240 e. The number of hydrogen-bond acceptors (Lipinski definition) is 2. The summed E-state index contributed by atoms with van der Waals surface area (Å²) in [7, 11) is -3.47. The van der Waals surface area contributed by atoms with E-state index in [4.69, 9.17) is 0 Å². The van der Waals surface area contributed by atoms with Crippen LogP contribution in [0.1, 0.15) is 24.0 Å². The molecule has 1 atom stereocenters. The van der Waals surface area contributed by atoms with E-state index in [0.717, 1.165) is 15.6 Å². The second kappa shape index (κ2) is 6.73. The zero-order valence-electron chi connectivity index (χ0n) is 12.0. The van der Waals surface area contributed by atoms with Crippen molar-refractivity contribution in [2.75, 3.05) is 6.54 Å². The molecule has 0 fully saturated rings. The number of nitrogens with one attached hydrogen (secondary N) is 1. The van der Waals surface area contributed by atoms with Gasteiger partial charge in [0.2, 0.25) is 10.0 Å². The molecule has 0 saturated carbocycles. The zero-order chi connectivity index (χ0) is 15.5. The third-order valence-corrected chi connectivity index (χ3v) is 5.70. The summed E-state index contributed by atoms with van der Waals surface area (Å²) in [5.74, 6) is 0.123. The Labute approximate surface area is 134 Å². The van der Waals surface area contributed by atoms with Crippen molar-refractivity contribution in [3.8, 4) is 0 Å². The first-order valence-corrected chi connectivity index (χ1v) is 8.98. The molecule has 0 bridgehead atoms. The smallest absolute Gasteiger partial charge is 0.211 e. The van der Waals surface area contributed by atoms with E-state index in [1.54, 1.807) is 18.2 Å². The van der Waals surface area contributed by atoms with Gasteiger partial charge in [-0.25, -0.2) is 13.1 Å². The molecular weight excluding hydrogens is 350 g/mol. The molecule has 2 aromatic rings. The van der Waals surface area contributed by atoms with E-state index in [1.165, 1.54) is 0 Å². The molecule has 0 spiro atoms. The number of benzene rings is 2. The summed E-state index contributed by atoms with van der Waals surface area (Å²) in [5.41, 5.74) is 2.01. The maximum atomic E-state index is 12.3. The van der Waals surface area contributed by atoms with Crippen molar-refractivity contribution >= 4 is 26.0 Å². The van der Waals surface area contributed by atoms with E-state index in [2.05, 4.69) is 20.7 Å². The normalized spacial score (nSPS) is 13.1. The van der Waals surface area contributed by atoms with Crippen molar-refractivity contribution in [1.82, 2.24) is 4.72 Å². The molecule has 0 aliphatic rings. The maximum absolute atomic E-state index is 12.3. The minimum atomic E-state index is -3.47. The van der Waals surface area contributed by atoms with Crippen molar-refractivity contribution in [2.45, 2.75) is 24.7 Å². The highest BCUT2D eigenvalue weighted by Crippen LogP contribution is 2.20. The molecule has 0 radical (unpaired) electrons. The van der Waals surface area contributed by atoms with Gasteiger partial charge >= 0.3 is 0 Å². The molecule has 0 saturated heterocycles. The van der Waals surface area contributed by atoms with Gasteiger partial charge in [0.05, 0.1) is 4.90 Å². The summed E-state index contributed by atoms with van der Waals surface area (Å²) in [6.07, 6.45) is 0. The van der Waals surface area contributed by atoms with Crippen LogP contribution in [-0.4, -0.2) is 15.0 Å². The topological polar surface area (TPSA) is 46.2 Å². The third-order valence-electron chi connectivity index (χ3n) is 3.39. The Morgan fingerprint density at radius 3 is 2.43 bits per heavy atom. The molecule has 2 rings (SSSR count). The van der Waals surface area contributed by atoms with Gasteiger partial charge in [0.25, 0.3) is 0 Å². The second-order valence-corrected chi connectivity index (χ2v) is 7.70. The average molecular weight is 368 g/mol. The number of hydrogen-bond donors (Lipinski definition) is 1. The number of sulfonamides is 1. The number of halogens is 1. The van der Waals surface area contributed by atoms with Crippen LogP contribution in [0.5, 0.6) is 0 Å². The lowest BCUT2D eigenvalue weighted by Crippen LogP contribution is -2.27. The Bertz CT molecular complexity index is 714. The van der Waals surface area contributed by atoms with Crippen molar-refractivity contribution in [3.63, 3.8) is 0 Å². The van der Waals surface area contributed by atoms with Crippen LogP contribution in [-0.2, 0) is 10.0 Å². The molecule has 0 unspecified atom stereocenters. The van der Waals surface area contributed by atoms with Gasteiger partial charge in [0, 0.05) is 11.0 Å². The Morgan fingerprint density at radius 2 is 1.81 bits per heavy atom. The van der Waals surface area contributed by atoms with Gasteiger partial charge in [-0.2, -0.15) is 0 Å². The van der Waals surface area contributed by atoms with E-state index in [9.17, 15) is 8.42 Å². The lowest BCUT2D eigenvalue weighted by molar-refractivity contribution is 0.575. The van der Waals surface area contributed by atoms with Gasteiger partial charge in [-0.3, -0.25) is 0 Å². The lowest BCUT2D eigenvalue weighted by atomic mass is 10.0. The predicted octanol–water partition coefficient (Wildman–Crippen LogP) is 3.84. The van der Waals surface area contributed by atoms with Gasteiger partial charge in [-0.05, 0) is 42.2 Å². The molecule has 3 nitrogen and oxygen atoms in total. The molecule has 112 valence electrons. The fourth-order valence-corrected chi connectivity index (χ4v) is 3.46. The van der Waals surface area contributed by atoms with Gasteiger partial charge in [-0.1, -0.05) is 53.2 Å². The molecular formula is C16H18BrNO2S. The fraction of sp³-hybridized carbons (Fsp3) is 0.250. The van der Waals surface area contributed by atoms with E-state index in [1.807, 2.05) is 44.2 Å². The van der Waals surface area contributed by atoms with Gasteiger partial charge in [0.1, 0.15) is 0 Å². The summed E-state index contributed by atoms with van der Waals surface area (Å²) in [6, 6.07) is 14.9. The van der Waals surface area contributed by atoms with Crippen LogP contribution in [0.15, 0.2) is 57.9 Å². The fourth-order valence-electron chi connectivity index (χ4n) is 2.00. The molecule has 0 aliphatic carbocycles. The van der Waals surface area contributed by atoms with Crippen LogP contribution in [0, 0.1) is 6.92 Å². The summed E-state index contributed by atoms with van der Waals surface area (Å²) < 4.78 is 28.2. The molecule has 2 aromatic carbocycles. The van der Waals surface area contributed by atoms with Crippen LogP contribution in [0.25, 0.3) is 0 Å². The average Bonchev–Trinajstić information content (AvgIpc) is 2.48. The molecule has 21 heavy (non-hydrogen) atoms. The minimum Gasteiger partial charge on any atom is -0.211 e. The van der Waals surface area contributed by atoms with Crippen molar-refractivity contribution in [3.05, 3.63) is 64.1 Å². The first-order valence-electron chi connectivity index (χ1n) is 6.71. The van der Waals surface area contributed by atoms with Crippen molar-refractivity contribution < 1.29 is 8.42 Å². The predicted molar refractivity (Wildman–Crippen MR) is 88.9 cm³/mol. The highest BCUT2D eigenvalue weighted by Gasteiger charge is 2.16. The van der Waals surface area contributed by atoms with Gasteiger partial charge in [-0.15, -0.1) is 0 Å². The van der Waals surface area contributed by atoms with Crippen LogP contribution in [0.2, 0.25) is 0 Å². The van der Waals surface area contributed by atoms with Gasteiger partial charge < -0.3 is 0 Å². The third kappa shape index (κ3) is 4.15. The van der Waals surface area contributed by atoms with Gasteiger partial charge in [0.15, 0.2) is 0 Å². The summed E-state index contributed by atoms with van der Waals surface area (Å²) in [5, 5.41) is 0. The molecule has 0 aliphatic heterocycles. The lowest BCUT2D eigenvalue weighted by Gasteiger charge is -2.14. The molecule has 0 amide bonds. The Morgan fingerprint density at radius 1 is 1.14 bits per heavy atom. The summed E-state index contributed by atoms with van der Waals surface area (Å²) >= 11 is 3.37. The quantitative estimate of drug-likeness (QED) is 0.872. The van der Waals surface area contributed by atoms with Crippen molar-refractivity contribution in [1.29, 1.82) is 0 Å². The Kier molecular flexibility index (Phi) is 5.19. The van der Waals surface area contributed by atoms with E-state index in [-0.39, 0.29) is 5.92 Å². The van der Waals surface area contributed by atoms with E-state index >= 15 is 0 Å². The molecule has 0 aromatic heterocycles. The van der Waals surface area contributed by atoms with Crippen LogP contribution >= 0.6 is 15.9 Å². The highest BCUT2D eigenvalue weighted by molar-refractivity contribution is 9.10. The monoisotopic (exact) mass is 367 g/mol. The minimum absolute atomic E-state index is 0.123. The van der Waals surface area contributed by atoms with Crippen LogP contribution in [0.3, 0.4) is 0 Å². The Balaban J connectivity index is 2.09. The summed E-state index contributed by atoms with van der Waals surface area (Å²) in [4.78, 5) is 0.295.